The monoisotopic (exact) mass is 350 g/mol. The number of ether oxygens (including phenoxy) is 1. The van der Waals surface area contributed by atoms with Crippen LogP contribution in [0.15, 0.2) is 0 Å². The van der Waals surface area contributed by atoms with Crippen molar-refractivity contribution < 1.29 is 19.1 Å². The Bertz CT molecular complexity index is 391. The molecule has 1 heterocycles. The number of carbonyl (C=O) groups is 3. The molecule has 1 fully saturated rings. The summed E-state index contributed by atoms with van der Waals surface area (Å²) in [5.41, 5.74) is 5.70. The molecule has 0 saturated carbocycles. The topological polar surface area (TPSA) is 102 Å². The summed E-state index contributed by atoms with van der Waals surface area (Å²) in [7, 11) is 1.26. The first-order chi connectivity index (χ1) is 9.42. The Hall–Kier alpha value is -1.11. The van der Waals surface area contributed by atoms with Gasteiger partial charge in [-0.2, -0.15) is 0 Å². The van der Waals surface area contributed by atoms with E-state index in [2.05, 4.69) is 26.1 Å². The second-order valence-electron chi connectivity index (χ2n) is 4.72. The van der Waals surface area contributed by atoms with E-state index in [0.717, 1.165) is 6.42 Å². The van der Waals surface area contributed by atoms with Crippen LogP contribution in [0.2, 0.25) is 5.32 Å². The maximum atomic E-state index is 12.1. The molecule has 8 heteroatoms. The number of nitrogens with one attached hydrogen (secondary N) is 1. The van der Waals surface area contributed by atoms with Crippen molar-refractivity contribution in [3.63, 3.8) is 0 Å². The third kappa shape index (κ3) is 3.94. The van der Waals surface area contributed by atoms with Gasteiger partial charge in [-0.1, -0.05) is 0 Å². The Morgan fingerprint density at radius 3 is 2.70 bits per heavy atom. The van der Waals surface area contributed by atoms with Crippen molar-refractivity contribution >= 4 is 33.8 Å². The Labute approximate surface area is 126 Å². The molecule has 0 aromatic carbocycles. The van der Waals surface area contributed by atoms with Crippen molar-refractivity contribution in [2.24, 2.45) is 5.73 Å². The first kappa shape index (κ1) is 16.9. The minimum absolute atomic E-state index is 0.243. The van der Waals surface area contributed by atoms with E-state index in [4.69, 9.17) is 5.73 Å². The normalized spacial score (nSPS) is 21.2. The molecule has 0 aliphatic carbocycles. The van der Waals surface area contributed by atoms with Crippen LogP contribution in [0.5, 0.6) is 0 Å². The number of hydrogen-bond donors (Lipinski definition) is 2. The maximum absolute atomic E-state index is 12.1. The molecule has 0 unspecified atom stereocenters. The fourth-order valence-corrected chi connectivity index (χ4v) is 2.43. The Morgan fingerprint density at radius 2 is 2.15 bits per heavy atom. The summed E-state index contributed by atoms with van der Waals surface area (Å²) >= 11 is 2.71. The SMILES string of the molecule is COC(=O)[C@H](C)NC(=O)[C@@H]1CCCN1C(=O)[C@@H](N)C[Se]. The van der Waals surface area contributed by atoms with Gasteiger partial charge in [0.25, 0.3) is 0 Å². The minimum atomic E-state index is -0.738. The zero-order valence-electron chi connectivity index (χ0n) is 11.6. The van der Waals surface area contributed by atoms with Gasteiger partial charge in [-0.15, -0.1) is 0 Å². The van der Waals surface area contributed by atoms with Gasteiger partial charge in [0, 0.05) is 0 Å². The third-order valence-corrected chi connectivity index (χ3v) is 4.00. The number of esters is 1. The van der Waals surface area contributed by atoms with Gasteiger partial charge in [-0.3, -0.25) is 0 Å². The number of carbonyl (C=O) groups excluding carboxylic acids is 3. The third-order valence-electron chi connectivity index (χ3n) is 3.25. The molecule has 2 amide bonds. The van der Waals surface area contributed by atoms with Gasteiger partial charge >= 0.3 is 126 Å². The molecule has 0 aromatic heterocycles. The standard InChI is InChI=1S/C12H20N3O4Se/c1-7(12(18)19-2)14-10(16)9-4-3-5-15(9)11(17)8(13)6-20/h7-9H,3-6,13H2,1-2H3,(H,14,16)/t7-,8-,9-/m0/s1. The van der Waals surface area contributed by atoms with Crippen molar-refractivity contribution in [1.82, 2.24) is 10.2 Å². The predicted octanol–water partition coefficient (Wildman–Crippen LogP) is -1.43. The van der Waals surface area contributed by atoms with E-state index in [0.29, 0.717) is 18.3 Å². The van der Waals surface area contributed by atoms with E-state index in [1.54, 1.807) is 0 Å². The number of nitrogens with two attached hydrogens (primary N) is 1. The van der Waals surface area contributed by atoms with Crippen molar-refractivity contribution in [1.29, 1.82) is 0 Å². The number of methoxy groups -OCH3 is 1. The molecule has 1 saturated heterocycles. The second-order valence-corrected chi connectivity index (χ2v) is 5.42. The number of nitrogens with zero attached hydrogens (tertiary/aromatic N) is 1. The number of likely N-dealkylation sites (tertiary alicyclic amines) is 1. The summed E-state index contributed by atoms with van der Waals surface area (Å²) in [5.74, 6) is -1.11. The molecule has 0 spiro atoms. The molecular formula is C12H20N3O4Se. The molecule has 0 bridgehead atoms. The molecule has 20 heavy (non-hydrogen) atoms. The summed E-state index contributed by atoms with van der Waals surface area (Å²) in [5, 5.41) is 2.96. The van der Waals surface area contributed by atoms with Crippen LogP contribution in [0.25, 0.3) is 0 Å². The number of rotatable bonds is 5. The Morgan fingerprint density at radius 1 is 1.50 bits per heavy atom. The van der Waals surface area contributed by atoms with Gasteiger partial charge < -0.3 is 0 Å². The van der Waals surface area contributed by atoms with E-state index in [1.807, 2.05) is 0 Å². The first-order valence-electron chi connectivity index (χ1n) is 6.44. The van der Waals surface area contributed by atoms with Crippen LogP contribution in [-0.4, -0.2) is 70.5 Å². The van der Waals surface area contributed by atoms with Crippen LogP contribution < -0.4 is 11.1 Å². The van der Waals surface area contributed by atoms with Crippen LogP contribution in [-0.2, 0) is 19.1 Å². The average Bonchev–Trinajstić information content (AvgIpc) is 2.93. The summed E-state index contributed by atoms with van der Waals surface area (Å²) in [4.78, 5) is 37.0. The molecule has 3 N–H and O–H groups in total. The van der Waals surface area contributed by atoms with Crippen LogP contribution in [0.1, 0.15) is 19.8 Å². The van der Waals surface area contributed by atoms with Crippen molar-refractivity contribution in [3.05, 3.63) is 0 Å². The fraction of sp³-hybridized carbons (Fsp3) is 0.750. The molecule has 7 nitrogen and oxygen atoms in total. The van der Waals surface area contributed by atoms with Crippen LogP contribution >= 0.6 is 0 Å². The van der Waals surface area contributed by atoms with Crippen molar-refractivity contribution in [3.8, 4) is 0 Å². The molecule has 1 rings (SSSR count). The number of amides is 2. The Balaban J connectivity index is 2.67. The van der Waals surface area contributed by atoms with Crippen LogP contribution in [0, 0.1) is 0 Å². The zero-order valence-corrected chi connectivity index (χ0v) is 13.3. The molecule has 1 aliphatic rings. The Kier molecular flexibility index (Phi) is 6.45. The van der Waals surface area contributed by atoms with Crippen LogP contribution in [0.4, 0.5) is 0 Å². The molecular weight excluding hydrogens is 329 g/mol. The van der Waals surface area contributed by atoms with Crippen molar-refractivity contribution in [2.45, 2.75) is 43.2 Å². The summed E-state index contributed by atoms with van der Waals surface area (Å²) in [6.45, 7) is 2.05. The first-order valence-corrected chi connectivity index (χ1v) is 7.65. The van der Waals surface area contributed by atoms with Crippen molar-refractivity contribution in [2.75, 3.05) is 13.7 Å². The van der Waals surface area contributed by atoms with E-state index in [-0.39, 0.29) is 11.8 Å². The molecule has 113 valence electrons. The molecule has 1 aliphatic heterocycles. The van der Waals surface area contributed by atoms with Gasteiger partial charge in [0.05, 0.1) is 0 Å². The van der Waals surface area contributed by atoms with Gasteiger partial charge in [-0.25, -0.2) is 0 Å². The summed E-state index contributed by atoms with van der Waals surface area (Å²) < 4.78 is 4.55. The van der Waals surface area contributed by atoms with Crippen LogP contribution in [0.3, 0.4) is 0 Å². The van der Waals surface area contributed by atoms with E-state index < -0.39 is 24.1 Å². The predicted molar refractivity (Wildman–Crippen MR) is 72.9 cm³/mol. The fourth-order valence-electron chi connectivity index (χ4n) is 2.13. The van der Waals surface area contributed by atoms with E-state index in [9.17, 15) is 14.4 Å². The molecule has 1 radical (unpaired) electrons. The van der Waals surface area contributed by atoms with Gasteiger partial charge in [0.15, 0.2) is 0 Å². The van der Waals surface area contributed by atoms with E-state index in [1.165, 1.54) is 18.9 Å². The molecule has 0 aromatic rings. The van der Waals surface area contributed by atoms with E-state index >= 15 is 0 Å². The quantitative estimate of drug-likeness (QED) is 0.468. The average molecular weight is 349 g/mol. The number of hydrogen-bond acceptors (Lipinski definition) is 5. The van der Waals surface area contributed by atoms with Gasteiger partial charge in [-0.05, 0) is 0 Å². The van der Waals surface area contributed by atoms with Gasteiger partial charge in [0.2, 0.25) is 0 Å². The second kappa shape index (κ2) is 7.61. The summed E-state index contributed by atoms with van der Waals surface area (Å²) in [6, 6.07) is -1.94. The summed E-state index contributed by atoms with van der Waals surface area (Å²) in [6.07, 6.45) is 1.32. The zero-order chi connectivity index (χ0) is 15.3. The van der Waals surface area contributed by atoms with Gasteiger partial charge in [0.1, 0.15) is 0 Å². The molecule has 3 atom stereocenters.